The minimum atomic E-state index is -0.725. The van der Waals surface area contributed by atoms with E-state index in [0.717, 1.165) is 0 Å². The number of nitrogens with two attached hydrogens (primary N) is 1. The summed E-state index contributed by atoms with van der Waals surface area (Å²) in [6.45, 7) is 0. The molecule has 1 atom stereocenters. The molecule has 52 valence electrons. The molecule has 0 radical (unpaired) electrons. The first-order valence-corrected chi connectivity index (χ1v) is 2.75. The number of aliphatic hydroxyl groups is 1. The largest absolute Gasteiger partial charge is 0.382 e. The number of rotatable bonds is 0. The highest BCUT2D eigenvalue weighted by molar-refractivity contribution is 5.79. The molecule has 10 heavy (non-hydrogen) atoms. The molecule has 3 N–H and O–H groups in total. The standard InChI is InChI=1S/C6H7N3O/c7-9-3-5-1-2-8-4-6(5)10/h1-2,4,6,10H,7H2. The number of hydrazone groups is 1. The van der Waals surface area contributed by atoms with Gasteiger partial charge in [0.05, 0.1) is 5.57 Å². The molecular formula is C6H7N3O. The topological polar surface area (TPSA) is 71.0 Å². The molecule has 0 saturated heterocycles. The molecule has 1 heterocycles. The van der Waals surface area contributed by atoms with Crippen molar-refractivity contribution in [2.75, 3.05) is 0 Å². The average Bonchev–Trinajstić information content (AvgIpc) is 1.94. The van der Waals surface area contributed by atoms with E-state index in [9.17, 15) is 0 Å². The minimum Gasteiger partial charge on any atom is -0.382 e. The molecule has 0 aromatic rings. The predicted molar refractivity (Wildman–Crippen MR) is 38.8 cm³/mol. The zero-order valence-corrected chi connectivity index (χ0v) is 5.23. The third kappa shape index (κ3) is 1.31. The van der Waals surface area contributed by atoms with E-state index in [1.165, 1.54) is 6.21 Å². The lowest BCUT2D eigenvalue weighted by atomic mass is 10.1. The summed E-state index contributed by atoms with van der Waals surface area (Å²) in [4.78, 5) is 3.69. The molecule has 4 heteroatoms. The maximum absolute atomic E-state index is 9.08. The highest BCUT2D eigenvalue weighted by Gasteiger charge is 2.06. The first-order valence-electron chi connectivity index (χ1n) is 2.75. The second-order valence-corrected chi connectivity index (χ2v) is 1.75. The van der Waals surface area contributed by atoms with Crippen LogP contribution in [-0.4, -0.2) is 23.3 Å². The van der Waals surface area contributed by atoms with Gasteiger partial charge in [0.15, 0.2) is 0 Å². The molecule has 4 nitrogen and oxygen atoms in total. The van der Waals surface area contributed by atoms with Crippen LogP contribution in [0.25, 0.3) is 0 Å². The van der Waals surface area contributed by atoms with Gasteiger partial charge in [-0.1, -0.05) is 0 Å². The summed E-state index contributed by atoms with van der Waals surface area (Å²) in [5, 5.41) is 12.2. The summed E-state index contributed by atoms with van der Waals surface area (Å²) in [7, 11) is 0. The lowest BCUT2D eigenvalue weighted by molar-refractivity contribution is 0.286. The third-order valence-corrected chi connectivity index (χ3v) is 1.08. The first kappa shape index (κ1) is 6.74. The molecule has 0 saturated carbocycles. The molecule has 0 aromatic heterocycles. The van der Waals surface area contributed by atoms with Gasteiger partial charge in [-0.15, -0.1) is 5.10 Å². The van der Waals surface area contributed by atoms with E-state index in [2.05, 4.69) is 16.0 Å². The number of aliphatic imine (C=N–C) groups is 1. The van der Waals surface area contributed by atoms with Crippen molar-refractivity contribution in [2.45, 2.75) is 6.10 Å². The highest BCUT2D eigenvalue weighted by Crippen LogP contribution is 2.02. The van der Waals surface area contributed by atoms with E-state index in [1.807, 2.05) is 0 Å². The van der Waals surface area contributed by atoms with Gasteiger partial charge in [0.2, 0.25) is 0 Å². The number of nitrogens with zero attached hydrogens (tertiary/aromatic N) is 2. The van der Waals surface area contributed by atoms with Crippen molar-refractivity contribution < 1.29 is 5.11 Å². The van der Waals surface area contributed by atoms with Crippen LogP contribution in [0.4, 0.5) is 0 Å². The molecule has 1 rings (SSSR count). The Balaban J connectivity index is 2.90. The van der Waals surface area contributed by atoms with E-state index in [4.69, 9.17) is 10.9 Å². The molecular weight excluding hydrogens is 130 g/mol. The van der Waals surface area contributed by atoms with Crippen molar-refractivity contribution in [3.05, 3.63) is 17.8 Å². The second-order valence-electron chi connectivity index (χ2n) is 1.75. The average molecular weight is 137 g/mol. The summed E-state index contributed by atoms with van der Waals surface area (Å²) >= 11 is 0. The molecule has 0 aromatic carbocycles. The Morgan fingerprint density at radius 1 is 1.80 bits per heavy atom. The van der Waals surface area contributed by atoms with E-state index in [0.29, 0.717) is 5.57 Å². The van der Waals surface area contributed by atoms with E-state index >= 15 is 0 Å². The van der Waals surface area contributed by atoms with Crippen molar-refractivity contribution in [2.24, 2.45) is 15.9 Å². The van der Waals surface area contributed by atoms with Crippen LogP contribution in [-0.2, 0) is 0 Å². The van der Waals surface area contributed by atoms with Crippen molar-refractivity contribution in [1.82, 2.24) is 0 Å². The van der Waals surface area contributed by atoms with Crippen LogP contribution in [0.3, 0.4) is 0 Å². The summed E-state index contributed by atoms with van der Waals surface area (Å²) in [6.07, 6.45) is 3.80. The number of hydrogen-bond donors (Lipinski definition) is 2. The Morgan fingerprint density at radius 3 is 3.20 bits per heavy atom. The van der Waals surface area contributed by atoms with Crippen molar-refractivity contribution >= 4 is 12.1 Å². The van der Waals surface area contributed by atoms with Gasteiger partial charge in [-0.2, -0.15) is 0 Å². The fourth-order valence-corrected chi connectivity index (χ4v) is 0.611. The normalized spacial score (nSPS) is 22.5. The van der Waals surface area contributed by atoms with Crippen LogP contribution in [0.5, 0.6) is 0 Å². The van der Waals surface area contributed by atoms with Gasteiger partial charge in [0, 0.05) is 18.3 Å². The van der Waals surface area contributed by atoms with Gasteiger partial charge >= 0.3 is 0 Å². The van der Waals surface area contributed by atoms with Crippen molar-refractivity contribution in [3.8, 4) is 0 Å². The lowest BCUT2D eigenvalue weighted by Gasteiger charge is -2.04. The van der Waals surface area contributed by atoms with Crippen LogP contribution < -0.4 is 5.84 Å². The summed E-state index contributed by atoms with van der Waals surface area (Å²) in [5.74, 6) is 7.25. The lowest BCUT2D eigenvalue weighted by Crippen LogP contribution is -2.13. The Labute approximate surface area is 58.1 Å². The molecule has 0 aliphatic carbocycles. The van der Waals surface area contributed by atoms with Crippen molar-refractivity contribution in [1.29, 1.82) is 0 Å². The van der Waals surface area contributed by atoms with Crippen molar-refractivity contribution in [3.63, 3.8) is 0 Å². The van der Waals surface area contributed by atoms with E-state index in [1.54, 1.807) is 12.3 Å². The summed E-state index contributed by atoms with van der Waals surface area (Å²) in [6, 6.07) is 0. The fourth-order valence-electron chi connectivity index (χ4n) is 0.611. The molecule has 1 unspecified atom stereocenters. The molecule has 0 bridgehead atoms. The summed E-state index contributed by atoms with van der Waals surface area (Å²) < 4.78 is 0. The molecule has 0 fully saturated rings. The number of hydrogen-bond acceptors (Lipinski definition) is 4. The maximum atomic E-state index is 9.08. The predicted octanol–water partition coefficient (Wildman–Crippen LogP) is -0.585. The number of aliphatic hydroxyl groups excluding tert-OH is 1. The maximum Gasteiger partial charge on any atom is 0.123 e. The minimum absolute atomic E-state index is 0.525. The monoisotopic (exact) mass is 137 g/mol. The van der Waals surface area contributed by atoms with E-state index < -0.39 is 6.10 Å². The zero-order valence-electron chi connectivity index (χ0n) is 5.23. The van der Waals surface area contributed by atoms with Gasteiger partial charge < -0.3 is 10.9 Å². The van der Waals surface area contributed by atoms with Crippen LogP contribution in [0.15, 0.2) is 27.9 Å². The van der Waals surface area contributed by atoms with Gasteiger partial charge in [-0.3, -0.25) is 4.99 Å². The molecule has 1 aliphatic rings. The zero-order chi connectivity index (χ0) is 7.40. The Bertz CT molecular complexity index is 235. The van der Waals surface area contributed by atoms with Gasteiger partial charge in [-0.25, -0.2) is 0 Å². The second kappa shape index (κ2) is 2.96. The quantitative estimate of drug-likeness (QED) is 0.266. The highest BCUT2D eigenvalue weighted by atomic mass is 16.3. The van der Waals surface area contributed by atoms with E-state index in [-0.39, 0.29) is 0 Å². The van der Waals surface area contributed by atoms with Crippen LogP contribution in [0, 0.1) is 0 Å². The van der Waals surface area contributed by atoms with Gasteiger partial charge in [0.1, 0.15) is 6.10 Å². The summed E-state index contributed by atoms with van der Waals surface area (Å²) in [5.41, 5.74) is 0.525. The van der Waals surface area contributed by atoms with Gasteiger partial charge in [-0.05, 0) is 6.08 Å². The Hall–Kier alpha value is -1.38. The first-order chi connectivity index (χ1) is 4.84. The van der Waals surface area contributed by atoms with Gasteiger partial charge in [0.25, 0.3) is 0 Å². The van der Waals surface area contributed by atoms with Crippen LogP contribution in [0.2, 0.25) is 0 Å². The Kier molecular flexibility index (Phi) is 1.99. The Morgan fingerprint density at radius 2 is 2.60 bits per heavy atom. The van der Waals surface area contributed by atoms with Crippen LogP contribution in [0.1, 0.15) is 0 Å². The SMILES string of the molecule is NN=C=C1C=CN=CC1O. The van der Waals surface area contributed by atoms with Crippen LogP contribution >= 0.6 is 0 Å². The molecule has 0 amide bonds. The molecule has 0 spiro atoms. The smallest absolute Gasteiger partial charge is 0.123 e. The molecule has 1 aliphatic heterocycles. The third-order valence-electron chi connectivity index (χ3n) is 1.08. The fraction of sp³-hybridized carbons (Fsp3) is 0.167.